The standard InChI is InChI=1S/C22H33N5O/c28-22(21-24-23-20-7-2-1-3-10-26(20)21)25-12-15-11-17(14-25)19-6-4-5-18(16-8-9-16)27(19)13-15/h15-19H,1-14H2/t15-,17+,18+,19-/m0/s1. The number of carbonyl (C=O) groups excluding carboxylic acids is 1. The van der Waals surface area contributed by atoms with Gasteiger partial charge in [-0.2, -0.15) is 0 Å². The smallest absolute Gasteiger partial charge is 0.291 e. The fourth-order valence-electron chi connectivity index (χ4n) is 6.78. The van der Waals surface area contributed by atoms with Crippen LogP contribution >= 0.6 is 0 Å². The van der Waals surface area contributed by atoms with Crippen molar-refractivity contribution in [2.24, 2.45) is 17.8 Å². The van der Waals surface area contributed by atoms with Crippen LogP contribution in [0.25, 0.3) is 0 Å². The fourth-order valence-corrected chi connectivity index (χ4v) is 6.78. The molecule has 2 bridgehead atoms. The number of likely N-dealkylation sites (tertiary alicyclic amines) is 1. The van der Waals surface area contributed by atoms with Gasteiger partial charge in [0.05, 0.1) is 0 Å². The van der Waals surface area contributed by atoms with E-state index >= 15 is 0 Å². The van der Waals surface area contributed by atoms with E-state index in [4.69, 9.17) is 0 Å². The van der Waals surface area contributed by atoms with E-state index in [1.165, 1.54) is 57.9 Å². The summed E-state index contributed by atoms with van der Waals surface area (Å²) in [4.78, 5) is 18.4. The summed E-state index contributed by atoms with van der Waals surface area (Å²) in [6.07, 6.45) is 12.8. The normalized spacial score (nSPS) is 35.8. The second-order valence-corrected chi connectivity index (χ2v) is 10.1. The number of fused-ring (bicyclic) bond motifs is 5. The Kier molecular flexibility index (Phi) is 4.25. The minimum absolute atomic E-state index is 0.137. The van der Waals surface area contributed by atoms with E-state index in [9.17, 15) is 4.79 Å². The van der Waals surface area contributed by atoms with E-state index in [1.807, 2.05) is 0 Å². The first kappa shape index (κ1) is 17.4. The molecule has 3 saturated heterocycles. The Hall–Kier alpha value is -1.43. The van der Waals surface area contributed by atoms with Crippen LogP contribution < -0.4 is 0 Å². The number of carbonyl (C=O) groups is 1. The highest BCUT2D eigenvalue weighted by Crippen LogP contribution is 2.46. The van der Waals surface area contributed by atoms with Gasteiger partial charge in [-0.25, -0.2) is 0 Å². The first-order chi connectivity index (χ1) is 13.8. The lowest BCUT2D eigenvalue weighted by Gasteiger charge is -2.55. The summed E-state index contributed by atoms with van der Waals surface area (Å²) in [7, 11) is 0. The van der Waals surface area contributed by atoms with Crippen molar-refractivity contribution in [3.05, 3.63) is 11.6 Å². The molecule has 5 heterocycles. The zero-order chi connectivity index (χ0) is 18.7. The third-order valence-corrected chi connectivity index (χ3v) is 8.19. The fraction of sp³-hybridized carbons (Fsp3) is 0.864. The Morgan fingerprint density at radius 2 is 1.71 bits per heavy atom. The summed E-state index contributed by atoms with van der Waals surface area (Å²) in [6.45, 7) is 3.96. The Labute approximate surface area is 167 Å². The number of aromatic nitrogens is 3. The van der Waals surface area contributed by atoms with E-state index in [0.29, 0.717) is 23.7 Å². The van der Waals surface area contributed by atoms with Gasteiger partial charge < -0.3 is 9.47 Å². The van der Waals surface area contributed by atoms with Gasteiger partial charge in [-0.1, -0.05) is 12.8 Å². The number of aryl methyl sites for hydroxylation is 1. The predicted molar refractivity (Wildman–Crippen MR) is 106 cm³/mol. The van der Waals surface area contributed by atoms with Gasteiger partial charge in [0.1, 0.15) is 5.82 Å². The van der Waals surface area contributed by atoms with Crippen LogP contribution in [0, 0.1) is 17.8 Å². The topological polar surface area (TPSA) is 54.3 Å². The lowest BCUT2D eigenvalue weighted by molar-refractivity contribution is -0.0553. The molecule has 1 aromatic rings. The molecule has 1 aliphatic carbocycles. The third-order valence-electron chi connectivity index (χ3n) is 8.19. The molecule has 0 aromatic carbocycles. The minimum atomic E-state index is 0.137. The molecule has 0 unspecified atom stereocenters. The molecule has 0 radical (unpaired) electrons. The maximum atomic E-state index is 13.4. The first-order valence-electron chi connectivity index (χ1n) is 11.7. The maximum Gasteiger partial charge on any atom is 0.291 e. The van der Waals surface area contributed by atoms with Gasteiger partial charge >= 0.3 is 0 Å². The molecule has 1 amide bonds. The number of nitrogens with zero attached hydrogens (tertiary/aromatic N) is 5. The van der Waals surface area contributed by atoms with Crippen LogP contribution in [0.4, 0.5) is 0 Å². The van der Waals surface area contributed by atoms with E-state index in [1.54, 1.807) is 0 Å². The molecule has 5 aliphatic rings. The minimum Gasteiger partial charge on any atom is -0.335 e. The highest BCUT2D eigenvalue weighted by molar-refractivity contribution is 5.91. The summed E-state index contributed by atoms with van der Waals surface area (Å²) >= 11 is 0. The third kappa shape index (κ3) is 2.90. The first-order valence-corrected chi connectivity index (χ1v) is 11.7. The molecule has 4 aliphatic heterocycles. The second-order valence-electron chi connectivity index (χ2n) is 10.1. The van der Waals surface area contributed by atoms with Crippen molar-refractivity contribution >= 4 is 5.91 Å². The number of amides is 1. The van der Waals surface area contributed by atoms with E-state index in [2.05, 4.69) is 24.6 Å². The molecule has 4 atom stereocenters. The largest absolute Gasteiger partial charge is 0.335 e. The Bertz CT molecular complexity index is 756. The van der Waals surface area contributed by atoms with Gasteiger partial charge in [0.2, 0.25) is 5.82 Å². The Morgan fingerprint density at radius 1 is 0.857 bits per heavy atom. The van der Waals surface area contributed by atoms with E-state index < -0.39 is 0 Å². The molecule has 4 fully saturated rings. The Balaban J connectivity index is 1.21. The van der Waals surface area contributed by atoms with Gasteiger partial charge in [-0.15, -0.1) is 10.2 Å². The molecule has 28 heavy (non-hydrogen) atoms. The zero-order valence-corrected chi connectivity index (χ0v) is 16.9. The van der Waals surface area contributed by atoms with Crippen LogP contribution in [0.15, 0.2) is 0 Å². The summed E-state index contributed by atoms with van der Waals surface area (Å²) in [5.74, 6) is 4.04. The molecule has 1 aromatic heterocycles. The molecule has 6 rings (SSSR count). The highest BCUT2D eigenvalue weighted by atomic mass is 16.2. The van der Waals surface area contributed by atoms with Gasteiger partial charge in [-0.3, -0.25) is 9.69 Å². The SMILES string of the molecule is O=C(c1nnc2n1CCCCC2)N1C[C@@H]2C[C@H](C1)[C@@H]1CCC[C@H](C3CC3)N1C2. The molecular formula is C22H33N5O. The average molecular weight is 384 g/mol. The monoisotopic (exact) mass is 383 g/mol. The highest BCUT2D eigenvalue weighted by Gasteiger charge is 2.48. The van der Waals surface area contributed by atoms with Crippen molar-refractivity contribution in [2.45, 2.75) is 82.8 Å². The van der Waals surface area contributed by atoms with Crippen molar-refractivity contribution in [1.82, 2.24) is 24.6 Å². The van der Waals surface area contributed by atoms with Crippen LogP contribution in [-0.2, 0) is 13.0 Å². The van der Waals surface area contributed by atoms with Crippen LogP contribution in [0.3, 0.4) is 0 Å². The van der Waals surface area contributed by atoms with Crippen molar-refractivity contribution in [2.75, 3.05) is 19.6 Å². The van der Waals surface area contributed by atoms with Crippen molar-refractivity contribution in [1.29, 1.82) is 0 Å². The summed E-state index contributed by atoms with van der Waals surface area (Å²) in [6, 6.07) is 1.56. The van der Waals surface area contributed by atoms with Crippen molar-refractivity contribution < 1.29 is 4.79 Å². The van der Waals surface area contributed by atoms with E-state index in [0.717, 1.165) is 50.3 Å². The quantitative estimate of drug-likeness (QED) is 0.788. The molecule has 0 N–H and O–H groups in total. The lowest BCUT2D eigenvalue weighted by atomic mass is 9.74. The number of rotatable bonds is 2. The van der Waals surface area contributed by atoms with Gasteiger partial charge in [0, 0.05) is 44.7 Å². The molecule has 152 valence electrons. The maximum absolute atomic E-state index is 13.4. The predicted octanol–water partition coefficient (Wildman–Crippen LogP) is 2.73. The van der Waals surface area contributed by atoms with Crippen LogP contribution in [0.1, 0.15) is 74.2 Å². The number of piperidine rings is 3. The second kappa shape index (κ2) is 6.82. The van der Waals surface area contributed by atoms with Gasteiger partial charge in [-0.05, 0) is 62.7 Å². The lowest BCUT2D eigenvalue weighted by Crippen LogP contribution is -2.62. The van der Waals surface area contributed by atoms with E-state index in [-0.39, 0.29) is 5.91 Å². The molecule has 6 heteroatoms. The summed E-state index contributed by atoms with van der Waals surface area (Å²) < 4.78 is 2.12. The molecular weight excluding hydrogens is 350 g/mol. The zero-order valence-electron chi connectivity index (χ0n) is 16.9. The summed E-state index contributed by atoms with van der Waals surface area (Å²) in [5.41, 5.74) is 0. The van der Waals surface area contributed by atoms with Crippen molar-refractivity contribution in [3.63, 3.8) is 0 Å². The number of hydrogen-bond donors (Lipinski definition) is 0. The molecule has 6 nitrogen and oxygen atoms in total. The van der Waals surface area contributed by atoms with Crippen molar-refractivity contribution in [3.8, 4) is 0 Å². The van der Waals surface area contributed by atoms with Gasteiger partial charge in [0.25, 0.3) is 5.91 Å². The average Bonchev–Trinajstić information content (AvgIpc) is 3.51. The van der Waals surface area contributed by atoms with Gasteiger partial charge in [0.15, 0.2) is 0 Å². The van der Waals surface area contributed by atoms with Crippen LogP contribution in [0.2, 0.25) is 0 Å². The molecule has 1 saturated carbocycles. The molecule has 0 spiro atoms. The van der Waals surface area contributed by atoms with Crippen LogP contribution in [0.5, 0.6) is 0 Å². The Morgan fingerprint density at radius 3 is 2.57 bits per heavy atom. The number of hydrogen-bond acceptors (Lipinski definition) is 4. The summed E-state index contributed by atoms with van der Waals surface area (Å²) in [5, 5.41) is 8.71. The van der Waals surface area contributed by atoms with Crippen LogP contribution in [-0.4, -0.2) is 62.2 Å².